The molecule has 12 heavy (non-hydrogen) atoms. The molecule has 0 radical (unpaired) electrons. The summed E-state index contributed by atoms with van der Waals surface area (Å²) in [7, 11) is 0. The van der Waals surface area contributed by atoms with Crippen molar-refractivity contribution in [3.05, 3.63) is 0 Å². The first-order valence-electron chi connectivity index (χ1n) is 5.11. The van der Waals surface area contributed by atoms with Crippen LogP contribution in [0, 0.1) is 0 Å². The Morgan fingerprint density at radius 2 is 2.00 bits per heavy atom. The van der Waals surface area contributed by atoms with Gasteiger partial charge >= 0.3 is 0 Å². The van der Waals surface area contributed by atoms with Gasteiger partial charge in [0, 0.05) is 13.2 Å². The summed E-state index contributed by atoms with van der Waals surface area (Å²) in [4.78, 5) is 0. The van der Waals surface area contributed by atoms with E-state index in [9.17, 15) is 0 Å². The fraction of sp³-hybridized carbons (Fsp3) is 1.00. The number of hydrogen-bond donors (Lipinski definition) is 0. The molecule has 0 aromatic carbocycles. The quantitative estimate of drug-likeness (QED) is 0.434. The molecule has 1 aliphatic heterocycles. The highest BCUT2D eigenvalue weighted by Crippen LogP contribution is 2.27. The summed E-state index contributed by atoms with van der Waals surface area (Å²) in [5, 5.41) is 0. The number of rotatable bonds is 7. The zero-order valence-corrected chi connectivity index (χ0v) is 8.21. The second-order valence-electron chi connectivity index (χ2n) is 3.38. The van der Waals surface area contributed by atoms with E-state index in [1.54, 1.807) is 0 Å². The van der Waals surface area contributed by atoms with Crippen molar-refractivity contribution in [1.29, 1.82) is 0 Å². The number of hydrogen-bond acceptors (Lipinski definition) is 2. The zero-order chi connectivity index (χ0) is 8.81. The fourth-order valence-corrected chi connectivity index (χ4v) is 1.34. The van der Waals surface area contributed by atoms with Crippen LogP contribution in [-0.2, 0) is 9.47 Å². The first-order valence-corrected chi connectivity index (χ1v) is 5.11. The van der Waals surface area contributed by atoms with Crippen molar-refractivity contribution >= 4 is 0 Å². The van der Waals surface area contributed by atoms with E-state index >= 15 is 0 Å². The third-order valence-electron chi connectivity index (χ3n) is 2.28. The Bertz CT molecular complexity index is 114. The van der Waals surface area contributed by atoms with Gasteiger partial charge < -0.3 is 9.47 Å². The van der Waals surface area contributed by atoms with Gasteiger partial charge in [-0.15, -0.1) is 0 Å². The molecule has 2 unspecified atom stereocenters. The topological polar surface area (TPSA) is 21.8 Å². The number of unbranched alkanes of at least 4 members (excludes halogenated alkanes) is 1. The average Bonchev–Trinajstić information content (AvgIpc) is 2.83. The highest BCUT2D eigenvalue weighted by Gasteiger charge is 2.35. The normalized spacial score (nSPS) is 27.5. The average molecular weight is 172 g/mol. The summed E-state index contributed by atoms with van der Waals surface area (Å²) in [5.41, 5.74) is 0. The molecule has 2 heteroatoms. The van der Waals surface area contributed by atoms with Crippen LogP contribution in [0.4, 0.5) is 0 Å². The number of ether oxygens (including phenoxy) is 2. The first kappa shape index (κ1) is 10.0. The largest absolute Gasteiger partial charge is 0.381 e. The molecule has 0 bridgehead atoms. The van der Waals surface area contributed by atoms with Gasteiger partial charge in [0.25, 0.3) is 0 Å². The molecule has 72 valence electrons. The van der Waals surface area contributed by atoms with Crippen molar-refractivity contribution in [2.24, 2.45) is 0 Å². The summed E-state index contributed by atoms with van der Waals surface area (Å²) in [5.74, 6) is 0. The summed E-state index contributed by atoms with van der Waals surface area (Å²) in [6, 6.07) is 0. The van der Waals surface area contributed by atoms with E-state index in [1.165, 1.54) is 12.8 Å². The molecule has 0 aliphatic carbocycles. The van der Waals surface area contributed by atoms with Crippen molar-refractivity contribution in [2.75, 3.05) is 13.2 Å². The van der Waals surface area contributed by atoms with E-state index in [2.05, 4.69) is 13.8 Å². The van der Waals surface area contributed by atoms with E-state index in [1.807, 2.05) is 0 Å². The van der Waals surface area contributed by atoms with Crippen molar-refractivity contribution in [3.63, 3.8) is 0 Å². The Hall–Kier alpha value is -0.0800. The SMILES string of the molecule is CCCCOCCC1OC1CC. The Morgan fingerprint density at radius 3 is 2.58 bits per heavy atom. The maximum Gasteiger partial charge on any atom is 0.0863 e. The summed E-state index contributed by atoms with van der Waals surface area (Å²) < 4.78 is 10.8. The summed E-state index contributed by atoms with van der Waals surface area (Å²) in [6.07, 6.45) is 5.69. The van der Waals surface area contributed by atoms with Crippen LogP contribution in [0.25, 0.3) is 0 Å². The minimum Gasteiger partial charge on any atom is -0.381 e. The van der Waals surface area contributed by atoms with Gasteiger partial charge in [-0.3, -0.25) is 0 Å². The van der Waals surface area contributed by atoms with Crippen molar-refractivity contribution in [3.8, 4) is 0 Å². The van der Waals surface area contributed by atoms with Crippen LogP contribution in [0.5, 0.6) is 0 Å². The van der Waals surface area contributed by atoms with E-state index in [-0.39, 0.29) is 0 Å². The van der Waals surface area contributed by atoms with Crippen LogP contribution in [-0.4, -0.2) is 25.4 Å². The molecule has 2 atom stereocenters. The number of epoxide rings is 1. The third kappa shape index (κ3) is 3.55. The van der Waals surface area contributed by atoms with Crippen LogP contribution in [0.15, 0.2) is 0 Å². The monoisotopic (exact) mass is 172 g/mol. The highest BCUT2D eigenvalue weighted by atomic mass is 16.6. The molecule has 1 fully saturated rings. The van der Waals surface area contributed by atoms with Gasteiger partial charge in [0.05, 0.1) is 12.2 Å². The van der Waals surface area contributed by atoms with E-state index in [4.69, 9.17) is 9.47 Å². The van der Waals surface area contributed by atoms with E-state index in [0.717, 1.165) is 26.1 Å². The van der Waals surface area contributed by atoms with Gasteiger partial charge in [-0.05, 0) is 19.3 Å². The van der Waals surface area contributed by atoms with Crippen molar-refractivity contribution in [2.45, 2.75) is 51.7 Å². The molecule has 1 heterocycles. The second-order valence-corrected chi connectivity index (χ2v) is 3.38. The standard InChI is InChI=1S/C10H20O2/c1-3-5-7-11-8-6-10-9(4-2)12-10/h9-10H,3-8H2,1-2H3. The molecular weight excluding hydrogens is 152 g/mol. The molecule has 0 aromatic rings. The molecule has 1 aliphatic rings. The Kier molecular flexibility index (Phi) is 4.62. The van der Waals surface area contributed by atoms with Crippen molar-refractivity contribution in [1.82, 2.24) is 0 Å². The van der Waals surface area contributed by atoms with E-state index in [0.29, 0.717) is 12.2 Å². The molecule has 0 N–H and O–H groups in total. The predicted octanol–water partition coefficient (Wildman–Crippen LogP) is 2.37. The summed E-state index contributed by atoms with van der Waals surface area (Å²) in [6.45, 7) is 6.14. The maximum absolute atomic E-state index is 5.44. The zero-order valence-electron chi connectivity index (χ0n) is 8.21. The molecule has 0 spiro atoms. The highest BCUT2D eigenvalue weighted by molar-refractivity contribution is 4.82. The lowest BCUT2D eigenvalue weighted by Crippen LogP contribution is -2.01. The lowest BCUT2D eigenvalue weighted by Gasteiger charge is -2.00. The Morgan fingerprint density at radius 1 is 1.17 bits per heavy atom. The minimum absolute atomic E-state index is 0.511. The van der Waals surface area contributed by atoms with Crippen LogP contribution in [0.1, 0.15) is 39.5 Å². The van der Waals surface area contributed by atoms with Crippen LogP contribution >= 0.6 is 0 Å². The smallest absolute Gasteiger partial charge is 0.0863 e. The van der Waals surface area contributed by atoms with Gasteiger partial charge in [0.2, 0.25) is 0 Å². The molecule has 0 amide bonds. The molecule has 2 nitrogen and oxygen atoms in total. The van der Waals surface area contributed by atoms with Gasteiger partial charge in [-0.1, -0.05) is 20.3 Å². The van der Waals surface area contributed by atoms with Gasteiger partial charge in [-0.2, -0.15) is 0 Å². The van der Waals surface area contributed by atoms with Gasteiger partial charge in [0.15, 0.2) is 0 Å². The lowest BCUT2D eigenvalue weighted by atomic mass is 10.2. The second kappa shape index (κ2) is 5.55. The minimum atomic E-state index is 0.511. The Balaban J connectivity index is 1.78. The lowest BCUT2D eigenvalue weighted by molar-refractivity contribution is 0.123. The van der Waals surface area contributed by atoms with Crippen molar-refractivity contribution < 1.29 is 9.47 Å². The molecular formula is C10H20O2. The Labute approximate surface area is 75.2 Å². The van der Waals surface area contributed by atoms with Crippen LogP contribution in [0.3, 0.4) is 0 Å². The van der Waals surface area contributed by atoms with Gasteiger partial charge in [-0.25, -0.2) is 0 Å². The van der Waals surface area contributed by atoms with Gasteiger partial charge in [0.1, 0.15) is 0 Å². The maximum atomic E-state index is 5.44. The molecule has 0 aromatic heterocycles. The molecule has 1 rings (SSSR count). The first-order chi connectivity index (χ1) is 5.88. The molecule has 1 saturated heterocycles. The predicted molar refractivity (Wildman–Crippen MR) is 49.3 cm³/mol. The van der Waals surface area contributed by atoms with Crippen LogP contribution < -0.4 is 0 Å². The van der Waals surface area contributed by atoms with Crippen LogP contribution in [0.2, 0.25) is 0 Å². The third-order valence-corrected chi connectivity index (χ3v) is 2.28. The fourth-order valence-electron chi connectivity index (χ4n) is 1.34. The summed E-state index contributed by atoms with van der Waals surface area (Å²) >= 11 is 0. The van der Waals surface area contributed by atoms with E-state index < -0.39 is 0 Å². The molecule has 0 saturated carbocycles.